The van der Waals surface area contributed by atoms with Gasteiger partial charge in [0.25, 0.3) is 0 Å². The van der Waals surface area contributed by atoms with Gasteiger partial charge in [-0.1, -0.05) is 30.3 Å². The van der Waals surface area contributed by atoms with Gasteiger partial charge < -0.3 is 0 Å². The van der Waals surface area contributed by atoms with Crippen molar-refractivity contribution in [2.45, 2.75) is 16.3 Å². The summed E-state index contributed by atoms with van der Waals surface area (Å²) in [5.41, 5.74) is 0.834. The molecule has 0 unspecified atom stereocenters. The Balaban J connectivity index is 2.16. The van der Waals surface area contributed by atoms with Gasteiger partial charge in [-0.15, -0.1) is 0 Å². The van der Waals surface area contributed by atoms with Gasteiger partial charge in [0.2, 0.25) is 20.0 Å². The van der Waals surface area contributed by atoms with Gasteiger partial charge in [0.1, 0.15) is 0 Å². The molecule has 2 rings (SSSR count). The molecule has 0 aliphatic carbocycles. The van der Waals surface area contributed by atoms with Gasteiger partial charge in [-0.3, -0.25) is 0 Å². The molecule has 22 heavy (non-hydrogen) atoms. The molecule has 118 valence electrons. The van der Waals surface area contributed by atoms with Crippen molar-refractivity contribution in [1.29, 1.82) is 0 Å². The highest BCUT2D eigenvalue weighted by atomic mass is 32.2. The molecule has 0 aromatic heterocycles. The van der Waals surface area contributed by atoms with E-state index in [1.165, 1.54) is 31.3 Å². The fourth-order valence-corrected chi connectivity index (χ4v) is 3.52. The predicted molar refractivity (Wildman–Crippen MR) is 83.2 cm³/mol. The summed E-state index contributed by atoms with van der Waals surface area (Å²) in [4.78, 5) is 0.0236. The highest BCUT2D eigenvalue weighted by molar-refractivity contribution is 7.90. The molecule has 0 saturated heterocycles. The SMILES string of the molecule is CNS(=O)(=O)c1ccc(S(=O)(=O)NCc2ccccc2)cc1. The fourth-order valence-electron chi connectivity index (χ4n) is 1.77. The Morgan fingerprint density at radius 1 is 0.773 bits per heavy atom. The van der Waals surface area contributed by atoms with Crippen molar-refractivity contribution in [2.75, 3.05) is 7.05 Å². The first-order valence-corrected chi connectivity index (χ1v) is 9.39. The van der Waals surface area contributed by atoms with Crippen LogP contribution in [-0.2, 0) is 26.6 Å². The minimum absolute atomic E-state index is 0.0111. The number of sulfonamides is 2. The van der Waals surface area contributed by atoms with Crippen LogP contribution >= 0.6 is 0 Å². The van der Waals surface area contributed by atoms with Gasteiger partial charge in [-0.2, -0.15) is 0 Å². The lowest BCUT2D eigenvalue weighted by Crippen LogP contribution is -2.23. The first-order valence-electron chi connectivity index (χ1n) is 6.42. The maximum absolute atomic E-state index is 12.2. The van der Waals surface area contributed by atoms with E-state index in [-0.39, 0.29) is 16.3 Å². The minimum Gasteiger partial charge on any atom is -0.214 e. The van der Waals surface area contributed by atoms with Crippen molar-refractivity contribution in [3.05, 3.63) is 60.2 Å². The summed E-state index contributed by atoms with van der Waals surface area (Å²) in [6.45, 7) is 0.166. The maximum atomic E-state index is 12.2. The van der Waals surface area contributed by atoms with E-state index in [4.69, 9.17) is 0 Å². The molecule has 8 heteroatoms. The molecule has 0 saturated carbocycles. The maximum Gasteiger partial charge on any atom is 0.240 e. The molecule has 0 spiro atoms. The lowest BCUT2D eigenvalue weighted by atomic mass is 10.2. The first-order chi connectivity index (χ1) is 10.3. The van der Waals surface area contributed by atoms with Gasteiger partial charge in [0.15, 0.2) is 0 Å². The molecule has 0 radical (unpaired) electrons. The second kappa shape index (κ2) is 6.57. The van der Waals surface area contributed by atoms with E-state index in [0.29, 0.717) is 0 Å². The van der Waals surface area contributed by atoms with Gasteiger partial charge in [-0.25, -0.2) is 26.3 Å². The van der Waals surface area contributed by atoms with Crippen LogP contribution in [0.1, 0.15) is 5.56 Å². The Morgan fingerprint density at radius 2 is 1.27 bits per heavy atom. The smallest absolute Gasteiger partial charge is 0.214 e. The third kappa shape index (κ3) is 3.92. The van der Waals surface area contributed by atoms with Crippen LogP contribution in [-0.4, -0.2) is 23.9 Å². The molecule has 0 aliphatic rings. The highest BCUT2D eigenvalue weighted by Crippen LogP contribution is 2.14. The van der Waals surface area contributed by atoms with Crippen LogP contribution in [0.3, 0.4) is 0 Å². The third-order valence-electron chi connectivity index (χ3n) is 3.02. The Kier molecular flexibility index (Phi) is 4.97. The van der Waals surface area contributed by atoms with Crippen LogP contribution in [0.2, 0.25) is 0 Å². The van der Waals surface area contributed by atoms with Crippen LogP contribution in [0.15, 0.2) is 64.4 Å². The van der Waals surface area contributed by atoms with E-state index in [9.17, 15) is 16.8 Å². The fraction of sp³-hybridized carbons (Fsp3) is 0.143. The molecular formula is C14H16N2O4S2. The number of rotatable bonds is 6. The average molecular weight is 340 g/mol. The van der Waals surface area contributed by atoms with Crippen molar-refractivity contribution in [1.82, 2.24) is 9.44 Å². The summed E-state index contributed by atoms with van der Waals surface area (Å²) in [7, 11) is -5.98. The van der Waals surface area contributed by atoms with Crippen molar-refractivity contribution in [3.8, 4) is 0 Å². The molecule has 0 bridgehead atoms. The quantitative estimate of drug-likeness (QED) is 0.823. The summed E-state index contributed by atoms with van der Waals surface area (Å²) in [5.74, 6) is 0. The number of hydrogen-bond acceptors (Lipinski definition) is 4. The van der Waals surface area contributed by atoms with Crippen molar-refractivity contribution >= 4 is 20.0 Å². The van der Waals surface area contributed by atoms with Crippen molar-refractivity contribution in [2.24, 2.45) is 0 Å². The zero-order valence-electron chi connectivity index (χ0n) is 11.9. The van der Waals surface area contributed by atoms with E-state index in [1.54, 1.807) is 0 Å². The molecule has 0 amide bonds. The average Bonchev–Trinajstić information content (AvgIpc) is 2.54. The van der Waals surface area contributed by atoms with E-state index in [2.05, 4.69) is 9.44 Å². The van der Waals surface area contributed by atoms with Gasteiger partial charge in [0.05, 0.1) is 9.79 Å². The molecule has 0 atom stereocenters. The largest absolute Gasteiger partial charge is 0.240 e. The molecule has 0 heterocycles. The molecule has 2 aromatic rings. The van der Waals surface area contributed by atoms with Crippen molar-refractivity contribution < 1.29 is 16.8 Å². The van der Waals surface area contributed by atoms with E-state index in [1.807, 2.05) is 30.3 Å². The summed E-state index contributed by atoms with van der Waals surface area (Å²) in [5, 5.41) is 0. The van der Waals surface area contributed by atoms with Crippen molar-refractivity contribution in [3.63, 3.8) is 0 Å². The van der Waals surface area contributed by atoms with Crippen LogP contribution in [0.4, 0.5) is 0 Å². The van der Waals surface area contributed by atoms with E-state index >= 15 is 0 Å². The Bertz CT molecular complexity index is 830. The molecule has 2 aromatic carbocycles. The molecule has 6 nitrogen and oxygen atoms in total. The lowest BCUT2D eigenvalue weighted by molar-refractivity contribution is 0.579. The van der Waals surface area contributed by atoms with E-state index < -0.39 is 20.0 Å². The van der Waals surface area contributed by atoms with Gasteiger partial charge >= 0.3 is 0 Å². The predicted octanol–water partition coefficient (Wildman–Crippen LogP) is 1.07. The molecular weight excluding hydrogens is 324 g/mol. The summed E-state index contributed by atoms with van der Waals surface area (Å²) in [6.07, 6.45) is 0. The normalized spacial score (nSPS) is 12.2. The Hall–Kier alpha value is -1.74. The second-order valence-electron chi connectivity index (χ2n) is 4.49. The molecule has 0 aliphatic heterocycles. The Labute approximate surface area is 130 Å². The molecule has 0 fully saturated rings. The topological polar surface area (TPSA) is 92.3 Å². The van der Waals surface area contributed by atoms with Crippen LogP contribution < -0.4 is 9.44 Å². The monoisotopic (exact) mass is 340 g/mol. The number of benzene rings is 2. The second-order valence-corrected chi connectivity index (χ2v) is 8.14. The highest BCUT2D eigenvalue weighted by Gasteiger charge is 2.16. The lowest BCUT2D eigenvalue weighted by Gasteiger charge is -2.08. The zero-order valence-corrected chi connectivity index (χ0v) is 13.5. The van der Waals surface area contributed by atoms with E-state index in [0.717, 1.165) is 5.56 Å². The van der Waals surface area contributed by atoms with Crippen LogP contribution in [0.5, 0.6) is 0 Å². The third-order valence-corrected chi connectivity index (χ3v) is 5.87. The zero-order chi connectivity index (χ0) is 16.2. The first kappa shape index (κ1) is 16.6. The summed E-state index contributed by atoms with van der Waals surface area (Å²) in [6, 6.07) is 14.1. The van der Waals surface area contributed by atoms with Gasteiger partial charge in [-0.05, 0) is 36.9 Å². The minimum atomic E-state index is -3.69. The van der Waals surface area contributed by atoms with Crippen LogP contribution in [0.25, 0.3) is 0 Å². The summed E-state index contributed by atoms with van der Waals surface area (Å²) >= 11 is 0. The molecule has 2 N–H and O–H groups in total. The van der Waals surface area contributed by atoms with Gasteiger partial charge in [0, 0.05) is 6.54 Å². The van der Waals surface area contributed by atoms with Crippen LogP contribution in [0, 0.1) is 0 Å². The number of nitrogens with one attached hydrogen (secondary N) is 2. The Morgan fingerprint density at radius 3 is 1.77 bits per heavy atom. The number of hydrogen-bond donors (Lipinski definition) is 2. The standard InChI is InChI=1S/C14H16N2O4S2/c1-15-21(17,18)13-7-9-14(10-8-13)22(19,20)16-11-12-5-3-2-4-6-12/h2-10,15-16H,11H2,1H3. The summed E-state index contributed by atoms with van der Waals surface area (Å²) < 4.78 is 52.2.